The van der Waals surface area contributed by atoms with E-state index in [0.717, 1.165) is 34.8 Å². The molecule has 1 unspecified atom stereocenters. The lowest BCUT2D eigenvalue weighted by Gasteiger charge is -2.37. The number of hydrogen-bond donors (Lipinski definition) is 1. The van der Waals surface area contributed by atoms with Crippen molar-refractivity contribution in [2.24, 2.45) is 4.99 Å². The van der Waals surface area contributed by atoms with E-state index >= 15 is 0 Å². The first-order valence-corrected chi connectivity index (χ1v) is 11.6. The van der Waals surface area contributed by atoms with Crippen molar-refractivity contribution in [3.63, 3.8) is 0 Å². The number of likely N-dealkylation sites (N-methyl/N-ethyl adjacent to an activating group) is 1. The molecule has 0 fully saturated rings. The number of ether oxygens (including phenoxy) is 1. The number of tetrazole rings is 1. The van der Waals surface area contributed by atoms with Crippen LogP contribution in [-0.2, 0) is 16.1 Å². The molecular formula is C25H28N8O2. The summed E-state index contributed by atoms with van der Waals surface area (Å²) in [5, 5.41) is 14.3. The minimum Gasteiger partial charge on any atom is -0.468 e. The third-order valence-electron chi connectivity index (χ3n) is 6.34. The first-order valence-electron chi connectivity index (χ1n) is 11.6. The fourth-order valence-electron chi connectivity index (χ4n) is 4.51. The zero-order valence-electron chi connectivity index (χ0n) is 20.0. The predicted octanol–water partition coefficient (Wildman–Crippen LogP) is 2.70. The zero-order chi connectivity index (χ0) is 24.4. The summed E-state index contributed by atoms with van der Waals surface area (Å²) >= 11 is 0. The Labute approximate surface area is 203 Å². The molecule has 0 amide bonds. The number of aromatic amines is 1. The highest BCUT2D eigenvalue weighted by Crippen LogP contribution is 2.32. The lowest BCUT2D eigenvalue weighted by Crippen LogP contribution is -2.47. The Kier molecular flexibility index (Phi) is 6.17. The van der Waals surface area contributed by atoms with Crippen LogP contribution in [0.1, 0.15) is 19.4 Å². The van der Waals surface area contributed by atoms with Gasteiger partial charge in [-0.15, -0.1) is 5.10 Å². The monoisotopic (exact) mass is 472 g/mol. The van der Waals surface area contributed by atoms with Crippen molar-refractivity contribution in [2.75, 3.05) is 26.9 Å². The van der Waals surface area contributed by atoms with Gasteiger partial charge in [0.1, 0.15) is 12.7 Å². The van der Waals surface area contributed by atoms with Crippen molar-refractivity contribution in [1.29, 1.82) is 0 Å². The van der Waals surface area contributed by atoms with Crippen LogP contribution in [0.5, 0.6) is 0 Å². The van der Waals surface area contributed by atoms with E-state index in [4.69, 9.17) is 9.73 Å². The molecule has 3 aromatic rings. The van der Waals surface area contributed by atoms with Crippen LogP contribution in [0.4, 0.5) is 0 Å². The molecular weight excluding hydrogens is 444 g/mol. The van der Waals surface area contributed by atoms with Gasteiger partial charge in [0.05, 0.1) is 19.5 Å². The van der Waals surface area contributed by atoms with Crippen LogP contribution in [0.15, 0.2) is 65.4 Å². The number of rotatable bonds is 7. The Morgan fingerprint density at radius 1 is 1.14 bits per heavy atom. The summed E-state index contributed by atoms with van der Waals surface area (Å²) in [5.41, 5.74) is 5.30. The number of amidine groups is 1. The SMILES string of the molecule is CCN1CN(CC(=O)OC)C=C2C1=NC(C)N2Cc1ccc(-c2ccccc2-c2nnn[nH]2)cc1. The van der Waals surface area contributed by atoms with Crippen LogP contribution >= 0.6 is 0 Å². The number of carbonyl (C=O) groups excluding carboxylic acids is 1. The second kappa shape index (κ2) is 9.57. The smallest absolute Gasteiger partial charge is 0.325 e. The number of aliphatic imine (C=N–C) groups is 1. The quantitative estimate of drug-likeness (QED) is 0.524. The normalized spacial score (nSPS) is 17.2. The molecule has 180 valence electrons. The Morgan fingerprint density at radius 3 is 2.60 bits per heavy atom. The van der Waals surface area contributed by atoms with E-state index in [-0.39, 0.29) is 18.7 Å². The number of nitrogens with one attached hydrogen (secondary N) is 1. The maximum absolute atomic E-state index is 11.9. The molecule has 1 N–H and O–H groups in total. The molecule has 0 spiro atoms. The van der Waals surface area contributed by atoms with Gasteiger partial charge in [-0.1, -0.05) is 48.5 Å². The van der Waals surface area contributed by atoms with Gasteiger partial charge in [-0.05, 0) is 41.0 Å². The number of methoxy groups -OCH3 is 1. The van der Waals surface area contributed by atoms with Gasteiger partial charge in [0.15, 0.2) is 11.7 Å². The van der Waals surface area contributed by atoms with Crippen LogP contribution < -0.4 is 0 Å². The molecule has 2 aliphatic rings. The fourth-order valence-corrected chi connectivity index (χ4v) is 4.51. The van der Waals surface area contributed by atoms with Gasteiger partial charge in [-0.3, -0.25) is 4.79 Å². The maximum Gasteiger partial charge on any atom is 0.325 e. The van der Waals surface area contributed by atoms with E-state index in [1.807, 2.05) is 29.3 Å². The van der Waals surface area contributed by atoms with Gasteiger partial charge in [-0.25, -0.2) is 10.1 Å². The van der Waals surface area contributed by atoms with Crippen LogP contribution in [0.25, 0.3) is 22.5 Å². The number of esters is 1. The van der Waals surface area contributed by atoms with Gasteiger partial charge in [0, 0.05) is 24.9 Å². The highest BCUT2D eigenvalue weighted by Gasteiger charge is 2.35. The largest absolute Gasteiger partial charge is 0.468 e. The highest BCUT2D eigenvalue weighted by molar-refractivity contribution is 6.00. The fraction of sp³-hybridized carbons (Fsp3) is 0.320. The van der Waals surface area contributed by atoms with Crippen molar-refractivity contribution in [2.45, 2.75) is 26.6 Å². The average molecular weight is 473 g/mol. The van der Waals surface area contributed by atoms with E-state index in [1.165, 1.54) is 12.7 Å². The number of hydrogen-bond acceptors (Lipinski definition) is 9. The average Bonchev–Trinajstić information content (AvgIpc) is 3.53. The summed E-state index contributed by atoms with van der Waals surface area (Å²) in [6.07, 6.45) is 2.03. The van der Waals surface area contributed by atoms with E-state index in [9.17, 15) is 4.79 Å². The molecule has 0 saturated carbocycles. The first kappa shape index (κ1) is 22.6. The molecule has 0 saturated heterocycles. The van der Waals surface area contributed by atoms with Gasteiger partial charge < -0.3 is 19.4 Å². The second-order valence-electron chi connectivity index (χ2n) is 8.54. The Morgan fingerprint density at radius 2 is 1.91 bits per heavy atom. The molecule has 2 aliphatic heterocycles. The predicted molar refractivity (Wildman–Crippen MR) is 132 cm³/mol. The lowest BCUT2D eigenvalue weighted by molar-refractivity contribution is -0.141. The molecule has 0 bridgehead atoms. The van der Waals surface area contributed by atoms with Gasteiger partial charge in [0.25, 0.3) is 0 Å². The Hall–Kier alpha value is -4.21. The number of aromatic nitrogens is 4. The number of carbonyl (C=O) groups is 1. The van der Waals surface area contributed by atoms with Crippen molar-refractivity contribution < 1.29 is 9.53 Å². The molecule has 1 atom stereocenters. The summed E-state index contributed by atoms with van der Waals surface area (Å²) in [6, 6.07) is 16.6. The third kappa shape index (κ3) is 4.46. The molecule has 0 radical (unpaired) electrons. The van der Waals surface area contributed by atoms with E-state index in [2.05, 4.69) is 74.6 Å². The molecule has 1 aromatic heterocycles. The molecule has 35 heavy (non-hydrogen) atoms. The van der Waals surface area contributed by atoms with E-state index in [0.29, 0.717) is 19.0 Å². The third-order valence-corrected chi connectivity index (χ3v) is 6.34. The summed E-state index contributed by atoms with van der Waals surface area (Å²) in [6.45, 7) is 6.53. The number of H-pyrrole nitrogens is 1. The van der Waals surface area contributed by atoms with Gasteiger partial charge in [-0.2, -0.15) is 0 Å². The minimum absolute atomic E-state index is 0.00253. The van der Waals surface area contributed by atoms with Gasteiger partial charge in [0.2, 0.25) is 0 Å². The van der Waals surface area contributed by atoms with Crippen LogP contribution in [0.3, 0.4) is 0 Å². The van der Waals surface area contributed by atoms with Crippen molar-refractivity contribution >= 4 is 11.8 Å². The number of benzene rings is 2. The van der Waals surface area contributed by atoms with Crippen molar-refractivity contribution in [3.05, 3.63) is 66.0 Å². The summed E-state index contributed by atoms with van der Waals surface area (Å²) in [7, 11) is 1.41. The molecule has 3 heterocycles. The molecule has 5 rings (SSSR count). The summed E-state index contributed by atoms with van der Waals surface area (Å²) < 4.78 is 4.87. The van der Waals surface area contributed by atoms with E-state index in [1.54, 1.807) is 0 Å². The lowest BCUT2D eigenvalue weighted by atomic mass is 9.98. The number of nitrogens with zero attached hydrogens (tertiary/aromatic N) is 7. The van der Waals surface area contributed by atoms with Crippen molar-refractivity contribution in [1.82, 2.24) is 35.3 Å². The van der Waals surface area contributed by atoms with E-state index < -0.39 is 0 Å². The van der Waals surface area contributed by atoms with Crippen molar-refractivity contribution in [3.8, 4) is 22.5 Å². The van der Waals surface area contributed by atoms with Crippen LogP contribution in [0, 0.1) is 0 Å². The molecule has 2 aromatic carbocycles. The molecule has 0 aliphatic carbocycles. The summed E-state index contributed by atoms with van der Waals surface area (Å²) in [4.78, 5) is 23.2. The van der Waals surface area contributed by atoms with Crippen LogP contribution in [-0.4, -0.2) is 80.2 Å². The van der Waals surface area contributed by atoms with Crippen LogP contribution in [0.2, 0.25) is 0 Å². The maximum atomic E-state index is 11.9. The topological polar surface area (TPSA) is 103 Å². The molecule has 10 nitrogen and oxygen atoms in total. The standard InChI is InChI=1S/C25H28N8O2/c1-4-32-16-31(15-23(34)35-3)14-22-25(32)26-17(2)33(22)13-18-9-11-19(12-10-18)20-7-5-6-8-21(20)24-27-29-30-28-24/h5-12,14,17H,4,13,15-16H2,1-3H3,(H,27,28,29,30). The number of fused-ring (bicyclic) bond motifs is 1. The molecule has 10 heteroatoms. The summed E-state index contributed by atoms with van der Waals surface area (Å²) in [5.74, 6) is 1.36. The Bertz CT molecular complexity index is 1250. The Balaban J connectivity index is 1.38. The zero-order valence-corrected chi connectivity index (χ0v) is 20.0. The minimum atomic E-state index is -0.257. The second-order valence-corrected chi connectivity index (χ2v) is 8.54. The first-order chi connectivity index (χ1) is 17.1. The highest BCUT2D eigenvalue weighted by atomic mass is 16.5. The van der Waals surface area contributed by atoms with Gasteiger partial charge >= 0.3 is 5.97 Å².